The average Bonchev–Trinajstić information content (AvgIpc) is 2.71. The van der Waals surface area contributed by atoms with Gasteiger partial charge >= 0.3 is 0 Å². The predicted molar refractivity (Wildman–Crippen MR) is 116 cm³/mol. The number of hydrogen-bond acceptors (Lipinski definition) is 3. The summed E-state index contributed by atoms with van der Waals surface area (Å²) in [7, 11) is 3.93. The SMILES string of the molecule is CCCNC(=O)/C(=C/c1ccc(N(C)C)cc1)NC(=O)C=Cc1ccccc1. The Morgan fingerprint density at radius 2 is 1.64 bits per heavy atom. The normalized spacial score (nSPS) is 11.3. The van der Waals surface area contributed by atoms with Crippen LogP contribution in [0.4, 0.5) is 5.69 Å². The maximum atomic E-state index is 12.5. The van der Waals surface area contributed by atoms with E-state index in [1.807, 2.05) is 80.5 Å². The summed E-state index contributed by atoms with van der Waals surface area (Å²) in [6.45, 7) is 2.52. The number of carbonyl (C=O) groups is 2. The van der Waals surface area contributed by atoms with Crippen molar-refractivity contribution in [1.29, 1.82) is 0 Å². The summed E-state index contributed by atoms with van der Waals surface area (Å²) in [4.78, 5) is 26.8. The first-order chi connectivity index (χ1) is 13.5. The molecule has 0 unspecified atom stereocenters. The van der Waals surface area contributed by atoms with Crippen molar-refractivity contribution < 1.29 is 9.59 Å². The van der Waals surface area contributed by atoms with Gasteiger partial charge in [-0.2, -0.15) is 0 Å². The van der Waals surface area contributed by atoms with Crippen LogP contribution in [0.3, 0.4) is 0 Å². The Hall–Kier alpha value is -3.34. The van der Waals surface area contributed by atoms with Gasteiger partial charge in [-0.3, -0.25) is 9.59 Å². The van der Waals surface area contributed by atoms with Crippen molar-refractivity contribution in [2.45, 2.75) is 13.3 Å². The van der Waals surface area contributed by atoms with Crippen LogP contribution in [0.2, 0.25) is 0 Å². The van der Waals surface area contributed by atoms with Gasteiger partial charge in [0.25, 0.3) is 5.91 Å². The van der Waals surface area contributed by atoms with Gasteiger partial charge in [0.2, 0.25) is 5.91 Å². The molecule has 2 rings (SSSR count). The molecule has 0 spiro atoms. The first-order valence-corrected chi connectivity index (χ1v) is 9.31. The second kappa shape index (κ2) is 10.7. The zero-order valence-corrected chi connectivity index (χ0v) is 16.6. The predicted octanol–water partition coefficient (Wildman–Crippen LogP) is 3.45. The molecular weight excluding hydrogens is 350 g/mol. The van der Waals surface area contributed by atoms with E-state index in [0.717, 1.165) is 23.2 Å². The van der Waals surface area contributed by atoms with Crippen LogP contribution in [0.5, 0.6) is 0 Å². The lowest BCUT2D eigenvalue weighted by molar-refractivity contribution is -0.121. The number of rotatable bonds is 8. The Bertz CT molecular complexity index is 838. The topological polar surface area (TPSA) is 61.4 Å². The van der Waals surface area contributed by atoms with E-state index in [9.17, 15) is 9.59 Å². The quantitative estimate of drug-likeness (QED) is 0.693. The summed E-state index contributed by atoms with van der Waals surface area (Å²) in [6.07, 6.45) is 5.63. The third kappa shape index (κ3) is 6.76. The minimum atomic E-state index is -0.355. The van der Waals surface area contributed by atoms with Gasteiger partial charge in [0.1, 0.15) is 5.70 Å². The van der Waals surface area contributed by atoms with Crippen molar-refractivity contribution in [2.75, 3.05) is 25.5 Å². The van der Waals surface area contributed by atoms with Gasteiger partial charge in [-0.15, -0.1) is 0 Å². The number of amides is 2. The van der Waals surface area contributed by atoms with Crippen LogP contribution in [0.1, 0.15) is 24.5 Å². The fourth-order valence-corrected chi connectivity index (χ4v) is 2.44. The lowest BCUT2D eigenvalue weighted by Gasteiger charge is -2.12. The molecule has 0 bridgehead atoms. The average molecular weight is 377 g/mol. The first-order valence-electron chi connectivity index (χ1n) is 9.31. The Labute approximate surface area is 166 Å². The number of nitrogens with zero attached hydrogens (tertiary/aromatic N) is 1. The molecule has 2 N–H and O–H groups in total. The van der Waals surface area contributed by atoms with E-state index in [1.54, 1.807) is 12.2 Å². The monoisotopic (exact) mass is 377 g/mol. The van der Waals surface area contributed by atoms with E-state index in [4.69, 9.17) is 0 Å². The molecule has 5 heteroatoms. The molecule has 2 aromatic rings. The number of carbonyl (C=O) groups excluding carboxylic acids is 2. The first kappa shape index (κ1) is 21.0. The highest BCUT2D eigenvalue weighted by molar-refractivity contribution is 6.04. The molecule has 5 nitrogen and oxygen atoms in total. The van der Waals surface area contributed by atoms with Crippen LogP contribution in [0.25, 0.3) is 12.2 Å². The molecule has 0 radical (unpaired) electrons. The third-order valence-electron chi connectivity index (χ3n) is 3.99. The molecule has 28 heavy (non-hydrogen) atoms. The summed E-state index contributed by atoms with van der Waals surface area (Å²) < 4.78 is 0. The molecule has 0 aliphatic carbocycles. The minimum Gasteiger partial charge on any atom is -0.378 e. The van der Waals surface area contributed by atoms with E-state index in [0.29, 0.717) is 6.54 Å². The molecule has 0 atom stereocenters. The van der Waals surface area contributed by atoms with Gasteiger partial charge in [-0.25, -0.2) is 0 Å². The maximum Gasteiger partial charge on any atom is 0.267 e. The van der Waals surface area contributed by atoms with Gasteiger partial charge in [0.05, 0.1) is 0 Å². The van der Waals surface area contributed by atoms with Crippen molar-refractivity contribution in [3.8, 4) is 0 Å². The van der Waals surface area contributed by atoms with Crippen molar-refractivity contribution in [3.63, 3.8) is 0 Å². The second-order valence-electron chi connectivity index (χ2n) is 6.53. The van der Waals surface area contributed by atoms with Crippen LogP contribution < -0.4 is 15.5 Å². The van der Waals surface area contributed by atoms with Gasteiger partial charge in [-0.1, -0.05) is 49.4 Å². The Balaban J connectivity index is 2.17. The largest absolute Gasteiger partial charge is 0.378 e. The molecule has 0 aliphatic rings. The second-order valence-corrected chi connectivity index (χ2v) is 6.53. The van der Waals surface area contributed by atoms with E-state index >= 15 is 0 Å². The van der Waals surface area contributed by atoms with E-state index in [2.05, 4.69) is 10.6 Å². The molecule has 0 aromatic heterocycles. The smallest absolute Gasteiger partial charge is 0.267 e. The number of benzene rings is 2. The minimum absolute atomic E-state index is 0.216. The molecule has 0 heterocycles. The molecular formula is C23H27N3O2. The summed E-state index contributed by atoms with van der Waals surface area (Å²) in [5.74, 6) is -0.660. The fourth-order valence-electron chi connectivity index (χ4n) is 2.44. The lowest BCUT2D eigenvalue weighted by atomic mass is 10.1. The fraction of sp³-hybridized carbons (Fsp3) is 0.217. The van der Waals surface area contributed by atoms with E-state index < -0.39 is 0 Å². The van der Waals surface area contributed by atoms with Crippen LogP contribution in [0.15, 0.2) is 66.4 Å². The molecule has 2 aromatic carbocycles. The number of anilines is 1. The summed E-state index contributed by atoms with van der Waals surface area (Å²) in [6, 6.07) is 17.3. The Kier molecular flexibility index (Phi) is 8.03. The summed E-state index contributed by atoms with van der Waals surface area (Å²) >= 11 is 0. The highest BCUT2D eigenvalue weighted by Crippen LogP contribution is 2.14. The van der Waals surface area contributed by atoms with Gasteiger partial charge < -0.3 is 15.5 Å². The zero-order valence-electron chi connectivity index (χ0n) is 16.6. The zero-order chi connectivity index (χ0) is 20.4. The van der Waals surface area contributed by atoms with Crippen LogP contribution in [-0.2, 0) is 9.59 Å². The molecule has 146 valence electrons. The highest BCUT2D eigenvalue weighted by Gasteiger charge is 2.11. The molecule has 0 fully saturated rings. The molecule has 0 saturated carbocycles. The van der Waals surface area contributed by atoms with Crippen molar-refractivity contribution in [2.24, 2.45) is 0 Å². The standard InChI is InChI=1S/C23H27N3O2/c1-4-16-24-23(28)21(17-19-10-13-20(14-11-19)26(2)3)25-22(27)15-12-18-8-6-5-7-9-18/h5-15,17H,4,16H2,1-3H3,(H,24,28)(H,25,27)/b15-12?,21-17-. The third-order valence-corrected chi connectivity index (χ3v) is 3.99. The Morgan fingerprint density at radius 1 is 0.964 bits per heavy atom. The number of nitrogens with one attached hydrogen (secondary N) is 2. The number of hydrogen-bond donors (Lipinski definition) is 2. The Morgan fingerprint density at radius 3 is 2.25 bits per heavy atom. The van der Waals surface area contributed by atoms with Gasteiger partial charge in [-0.05, 0) is 41.8 Å². The van der Waals surface area contributed by atoms with Crippen LogP contribution in [-0.4, -0.2) is 32.5 Å². The highest BCUT2D eigenvalue weighted by atomic mass is 16.2. The molecule has 2 amide bonds. The van der Waals surface area contributed by atoms with E-state index in [1.165, 1.54) is 6.08 Å². The summed E-state index contributed by atoms with van der Waals surface area (Å²) in [5, 5.41) is 5.50. The van der Waals surface area contributed by atoms with Gasteiger partial charge in [0.15, 0.2) is 0 Å². The van der Waals surface area contributed by atoms with Crippen molar-refractivity contribution in [1.82, 2.24) is 10.6 Å². The van der Waals surface area contributed by atoms with Crippen molar-refractivity contribution >= 4 is 29.7 Å². The maximum absolute atomic E-state index is 12.5. The van der Waals surface area contributed by atoms with E-state index in [-0.39, 0.29) is 17.5 Å². The van der Waals surface area contributed by atoms with Gasteiger partial charge in [0, 0.05) is 32.4 Å². The lowest BCUT2D eigenvalue weighted by Crippen LogP contribution is -2.34. The van der Waals surface area contributed by atoms with Crippen molar-refractivity contribution in [3.05, 3.63) is 77.5 Å². The van der Waals surface area contributed by atoms with Crippen LogP contribution >= 0.6 is 0 Å². The summed E-state index contributed by atoms with van der Waals surface area (Å²) in [5.41, 5.74) is 3.02. The molecule has 0 saturated heterocycles. The molecule has 0 aliphatic heterocycles. The van der Waals surface area contributed by atoms with Crippen LogP contribution in [0, 0.1) is 0 Å².